The third-order valence-corrected chi connectivity index (χ3v) is 7.39. The Morgan fingerprint density at radius 2 is 1.50 bits per heavy atom. The zero-order valence-corrected chi connectivity index (χ0v) is 18.3. The van der Waals surface area contributed by atoms with Crippen LogP contribution < -0.4 is 4.74 Å². The summed E-state index contributed by atoms with van der Waals surface area (Å²) in [6.45, 7) is 3.54. The standard InChI is InChI=1S/C23H28O6S/c1-17(2)22(30(26,27)19-13-8-5-9-14-19)20(15-10-16-21(24)28-3)23(25)29-18-11-6-4-7-12-18/h4-9,11-14,17,20,22H,10,15-16H2,1-3H3/t20-,22+/m0/s1. The molecule has 0 aliphatic heterocycles. The molecule has 7 heteroatoms. The number of methoxy groups -OCH3 is 1. The lowest BCUT2D eigenvalue weighted by atomic mass is 9.91. The number of hydrogen-bond donors (Lipinski definition) is 0. The summed E-state index contributed by atoms with van der Waals surface area (Å²) in [7, 11) is -2.52. The molecule has 2 rings (SSSR count). The molecule has 6 nitrogen and oxygen atoms in total. The first-order chi connectivity index (χ1) is 14.3. The molecular formula is C23H28O6S. The van der Waals surface area contributed by atoms with Crippen LogP contribution in [0.2, 0.25) is 0 Å². The molecule has 162 valence electrons. The van der Waals surface area contributed by atoms with E-state index in [0.717, 1.165) is 0 Å². The Bertz CT molecular complexity index is 923. The molecular weight excluding hydrogens is 404 g/mol. The summed E-state index contributed by atoms with van der Waals surface area (Å²) in [4.78, 5) is 24.8. The summed E-state index contributed by atoms with van der Waals surface area (Å²) in [5.74, 6) is -1.96. The summed E-state index contributed by atoms with van der Waals surface area (Å²) in [6.07, 6.45) is 0.603. The van der Waals surface area contributed by atoms with Crippen molar-refractivity contribution in [1.29, 1.82) is 0 Å². The molecule has 0 aliphatic rings. The topological polar surface area (TPSA) is 86.7 Å². The van der Waals surface area contributed by atoms with Gasteiger partial charge in [-0.15, -0.1) is 0 Å². The lowest BCUT2D eigenvalue weighted by molar-refractivity contribution is -0.142. The highest BCUT2D eigenvalue weighted by Crippen LogP contribution is 2.32. The molecule has 2 atom stereocenters. The van der Waals surface area contributed by atoms with E-state index in [1.807, 2.05) is 0 Å². The van der Waals surface area contributed by atoms with Gasteiger partial charge in [-0.05, 0) is 43.0 Å². The van der Waals surface area contributed by atoms with Crippen LogP contribution in [-0.4, -0.2) is 32.7 Å². The molecule has 0 heterocycles. The first-order valence-corrected chi connectivity index (χ1v) is 11.4. The Labute approximate surface area is 178 Å². The van der Waals surface area contributed by atoms with Crippen LogP contribution in [0, 0.1) is 11.8 Å². The SMILES string of the molecule is COC(=O)CCC[C@H](C(=O)Oc1ccccc1)[C@@H](C(C)C)S(=O)(=O)c1ccccc1. The van der Waals surface area contributed by atoms with Crippen LogP contribution in [0.4, 0.5) is 0 Å². The second kappa shape index (κ2) is 10.9. The van der Waals surface area contributed by atoms with Crippen molar-refractivity contribution in [2.45, 2.75) is 43.3 Å². The highest BCUT2D eigenvalue weighted by atomic mass is 32.2. The summed E-state index contributed by atoms with van der Waals surface area (Å²) in [5.41, 5.74) is 0. The molecule has 0 aliphatic carbocycles. The van der Waals surface area contributed by atoms with E-state index in [2.05, 4.69) is 4.74 Å². The van der Waals surface area contributed by atoms with E-state index in [0.29, 0.717) is 12.2 Å². The van der Waals surface area contributed by atoms with Gasteiger partial charge < -0.3 is 9.47 Å². The molecule has 0 spiro atoms. The first kappa shape index (κ1) is 23.6. The zero-order valence-electron chi connectivity index (χ0n) is 17.5. The van der Waals surface area contributed by atoms with Gasteiger partial charge in [-0.3, -0.25) is 9.59 Å². The monoisotopic (exact) mass is 432 g/mol. The number of esters is 2. The van der Waals surface area contributed by atoms with Crippen molar-refractivity contribution in [3.63, 3.8) is 0 Å². The van der Waals surface area contributed by atoms with Crippen molar-refractivity contribution in [2.24, 2.45) is 11.8 Å². The van der Waals surface area contributed by atoms with Crippen molar-refractivity contribution in [1.82, 2.24) is 0 Å². The fourth-order valence-electron chi connectivity index (χ4n) is 3.47. The Hall–Kier alpha value is -2.67. The predicted molar refractivity (Wildman–Crippen MR) is 114 cm³/mol. The maximum Gasteiger partial charge on any atom is 0.315 e. The van der Waals surface area contributed by atoms with Gasteiger partial charge in [-0.25, -0.2) is 8.42 Å². The van der Waals surface area contributed by atoms with E-state index < -0.39 is 32.9 Å². The highest BCUT2D eigenvalue weighted by Gasteiger charge is 2.41. The number of para-hydroxylation sites is 1. The largest absolute Gasteiger partial charge is 0.469 e. The van der Waals surface area contributed by atoms with Gasteiger partial charge in [-0.2, -0.15) is 0 Å². The third-order valence-electron chi connectivity index (χ3n) is 4.87. The highest BCUT2D eigenvalue weighted by molar-refractivity contribution is 7.92. The number of benzene rings is 2. The van der Waals surface area contributed by atoms with Crippen LogP contribution in [0.15, 0.2) is 65.6 Å². The number of carbonyl (C=O) groups is 2. The number of hydrogen-bond acceptors (Lipinski definition) is 6. The number of sulfone groups is 1. The van der Waals surface area contributed by atoms with Gasteiger partial charge in [0.05, 0.1) is 23.2 Å². The van der Waals surface area contributed by atoms with E-state index in [9.17, 15) is 18.0 Å². The Morgan fingerprint density at radius 3 is 2.03 bits per heavy atom. The summed E-state index contributed by atoms with van der Waals surface area (Å²) in [5, 5.41) is -0.992. The van der Waals surface area contributed by atoms with E-state index in [-0.39, 0.29) is 23.7 Å². The second-order valence-corrected chi connectivity index (χ2v) is 9.48. The normalized spacial score (nSPS) is 13.5. The summed E-state index contributed by atoms with van der Waals surface area (Å²) >= 11 is 0. The molecule has 2 aromatic rings. The average molecular weight is 433 g/mol. The number of carbonyl (C=O) groups excluding carboxylic acids is 2. The van der Waals surface area contributed by atoms with Gasteiger partial charge in [0.2, 0.25) is 0 Å². The van der Waals surface area contributed by atoms with Crippen molar-refractivity contribution >= 4 is 21.8 Å². The van der Waals surface area contributed by atoms with Crippen molar-refractivity contribution in [3.8, 4) is 5.75 Å². The van der Waals surface area contributed by atoms with E-state index in [4.69, 9.17) is 4.74 Å². The molecule has 0 bridgehead atoms. The maximum atomic E-state index is 13.4. The maximum absolute atomic E-state index is 13.4. The Balaban J connectivity index is 2.37. The molecule has 0 saturated heterocycles. The van der Waals surface area contributed by atoms with E-state index >= 15 is 0 Å². The average Bonchev–Trinajstić information content (AvgIpc) is 2.73. The van der Waals surface area contributed by atoms with Gasteiger partial charge in [0.15, 0.2) is 9.84 Å². The first-order valence-electron chi connectivity index (χ1n) is 9.90. The minimum absolute atomic E-state index is 0.0990. The second-order valence-electron chi connectivity index (χ2n) is 7.38. The fraction of sp³-hybridized carbons (Fsp3) is 0.391. The van der Waals surface area contributed by atoms with Crippen molar-refractivity contribution in [3.05, 3.63) is 60.7 Å². The molecule has 2 aromatic carbocycles. The lowest BCUT2D eigenvalue weighted by Gasteiger charge is -2.28. The molecule has 0 radical (unpaired) electrons. The fourth-order valence-corrected chi connectivity index (χ4v) is 5.72. The summed E-state index contributed by atoms with van der Waals surface area (Å²) < 4.78 is 37.0. The van der Waals surface area contributed by atoms with Gasteiger partial charge in [0.25, 0.3) is 0 Å². The zero-order chi connectivity index (χ0) is 22.1. The van der Waals surface area contributed by atoms with Crippen LogP contribution >= 0.6 is 0 Å². The number of rotatable bonds is 10. The molecule has 0 unspecified atom stereocenters. The van der Waals surface area contributed by atoms with Crippen LogP contribution in [0.5, 0.6) is 5.75 Å². The smallest absolute Gasteiger partial charge is 0.315 e. The quantitative estimate of drug-likeness (QED) is 0.416. The minimum Gasteiger partial charge on any atom is -0.469 e. The Kier molecular flexibility index (Phi) is 8.59. The molecule has 30 heavy (non-hydrogen) atoms. The number of ether oxygens (including phenoxy) is 2. The van der Waals surface area contributed by atoms with Gasteiger partial charge in [0.1, 0.15) is 5.75 Å². The van der Waals surface area contributed by atoms with Crippen LogP contribution in [0.25, 0.3) is 0 Å². The minimum atomic E-state index is -3.81. The lowest BCUT2D eigenvalue weighted by Crippen LogP contribution is -2.41. The van der Waals surface area contributed by atoms with E-state index in [1.54, 1.807) is 62.4 Å². The van der Waals surface area contributed by atoms with Gasteiger partial charge in [0, 0.05) is 6.42 Å². The Morgan fingerprint density at radius 1 is 0.933 bits per heavy atom. The van der Waals surface area contributed by atoms with Crippen LogP contribution in [0.3, 0.4) is 0 Å². The third kappa shape index (κ3) is 6.16. The van der Waals surface area contributed by atoms with Crippen molar-refractivity contribution < 1.29 is 27.5 Å². The summed E-state index contributed by atoms with van der Waals surface area (Å²) in [6, 6.07) is 16.6. The van der Waals surface area contributed by atoms with Gasteiger partial charge in [-0.1, -0.05) is 50.2 Å². The molecule has 0 N–H and O–H groups in total. The molecule has 0 fully saturated rings. The molecule has 0 amide bonds. The van der Waals surface area contributed by atoms with Crippen molar-refractivity contribution in [2.75, 3.05) is 7.11 Å². The van der Waals surface area contributed by atoms with E-state index in [1.165, 1.54) is 19.2 Å². The molecule has 0 aromatic heterocycles. The van der Waals surface area contributed by atoms with Crippen LogP contribution in [0.1, 0.15) is 33.1 Å². The molecule has 0 saturated carbocycles. The van der Waals surface area contributed by atoms with Crippen LogP contribution in [-0.2, 0) is 24.2 Å². The van der Waals surface area contributed by atoms with Gasteiger partial charge >= 0.3 is 11.9 Å². The predicted octanol–water partition coefficient (Wildman–Crippen LogP) is 4.05.